The zero-order valence-electron chi connectivity index (χ0n) is 17.2. The number of hydrogen-bond donors (Lipinski definition) is 2. The number of aliphatic hydroxyl groups is 1. The molecule has 2 heterocycles. The van der Waals surface area contributed by atoms with Crippen LogP contribution < -0.4 is 0 Å². The van der Waals surface area contributed by atoms with E-state index in [1.165, 1.54) is 12.1 Å². The number of hydrogen-bond acceptors (Lipinski definition) is 7. The molecule has 0 spiro atoms. The van der Waals surface area contributed by atoms with E-state index < -0.39 is 45.1 Å². The fraction of sp³-hybridized carbons (Fsp3) is 0.227. The van der Waals surface area contributed by atoms with Crippen LogP contribution >= 0.6 is 0 Å². The van der Waals surface area contributed by atoms with Gasteiger partial charge in [0.25, 0.3) is 0 Å². The fourth-order valence-corrected chi connectivity index (χ4v) is 5.39. The summed E-state index contributed by atoms with van der Waals surface area (Å²) in [5, 5.41) is 19.8. The highest BCUT2D eigenvalue weighted by molar-refractivity contribution is 7.89. The van der Waals surface area contributed by atoms with E-state index in [1.807, 2.05) is 6.07 Å². The van der Waals surface area contributed by atoms with Crippen molar-refractivity contribution in [2.75, 3.05) is 13.2 Å². The lowest BCUT2D eigenvalue weighted by Gasteiger charge is -2.23. The topological polar surface area (TPSA) is 136 Å². The monoisotopic (exact) mass is 470 g/mol. The van der Waals surface area contributed by atoms with Crippen molar-refractivity contribution in [3.8, 4) is 6.07 Å². The Hall–Kier alpha value is -3.75. The number of aliphatic hydroxyl groups excluding tert-OH is 1. The molecule has 2 aromatic carbocycles. The maximum atomic E-state index is 14.1. The molecule has 0 aliphatic carbocycles. The number of nitrogens with zero attached hydrogens (tertiary/aromatic N) is 3. The Morgan fingerprint density at radius 3 is 2.73 bits per heavy atom. The molecule has 0 bridgehead atoms. The van der Waals surface area contributed by atoms with E-state index in [1.54, 1.807) is 24.3 Å². The third kappa shape index (κ3) is 4.30. The number of aromatic nitrogens is 2. The van der Waals surface area contributed by atoms with Gasteiger partial charge in [-0.25, -0.2) is 17.8 Å². The van der Waals surface area contributed by atoms with Gasteiger partial charge in [0.05, 0.1) is 11.0 Å². The molecule has 0 amide bonds. The van der Waals surface area contributed by atoms with Gasteiger partial charge < -0.3 is 14.8 Å². The summed E-state index contributed by atoms with van der Waals surface area (Å²) in [6.07, 6.45) is 0.573. The minimum atomic E-state index is -4.27. The first-order valence-corrected chi connectivity index (χ1v) is 11.5. The van der Waals surface area contributed by atoms with Crippen LogP contribution in [0.25, 0.3) is 16.6 Å². The van der Waals surface area contributed by atoms with E-state index in [2.05, 4.69) is 9.97 Å². The van der Waals surface area contributed by atoms with E-state index in [0.717, 1.165) is 16.4 Å². The second kappa shape index (κ2) is 9.01. The number of aromatic amines is 1. The molecular formula is C22H19FN4O5S. The lowest BCUT2D eigenvalue weighted by Crippen LogP contribution is -2.41. The van der Waals surface area contributed by atoms with Crippen LogP contribution in [-0.2, 0) is 19.6 Å². The van der Waals surface area contributed by atoms with Crippen molar-refractivity contribution in [3.05, 3.63) is 65.9 Å². The molecule has 0 unspecified atom stereocenters. The smallest absolute Gasteiger partial charge is 0.324 e. The number of allylic oxidation sites excluding steroid dienone is 1. The molecule has 2 N–H and O–H groups in total. The number of benzene rings is 2. The van der Waals surface area contributed by atoms with Crippen LogP contribution in [-0.4, -0.2) is 53.0 Å². The number of carbonyl (C=O) groups excluding carboxylic acids is 1. The summed E-state index contributed by atoms with van der Waals surface area (Å²) in [5.41, 5.74) is 1.04. The van der Waals surface area contributed by atoms with Gasteiger partial charge in [-0.1, -0.05) is 24.3 Å². The van der Waals surface area contributed by atoms with E-state index in [4.69, 9.17) is 4.74 Å². The lowest BCUT2D eigenvalue weighted by molar-refractivity contribution is -0.147. The molecule has 3 aromatic rings. The number of sulfonamides is 1. The Morgan fingerprint density at radius 2 is 2.00 bits per heavy atom. The van der Waals surface area contributed by atoms with Gasteiger partial charge in [0, 0.05) is 6.54 Å². The predicted octanol–water partition coefficient (Wildman–Crippen LogP) is 2.89. The molecule has 1 aromatic heterocycles. The molecule has 33 heavy (non-hydrogen) atoms. The Kier molecular flexibility index (Phi) is 6.13. The molecule has 1 saturated heterocycles. The molecule has 1 aliphatic heterocycles. The van der Waals surface area contributed by atoms with Gasteiger partial charge in [-0.2, -0.15) is 9.57 Å². The third-order valence-corrected chi connectivity index (χ3v) is 7.22. The number of imidazole rings is 1. The summed E-state index contributed by atoms with van der Waals surface area (Å²) in [6.45, 7) is -0.621. The molecule has 9 nitrogen and oxygen atoms in total. The molecule has 0 radical (unpaired) electrons. The predicted molar refractivity (Wildman–Crippen MR) is 116 cm³/mol. The number of H-pyrrole nitrogens is 1. The molecule has 11 heteroatoms. The van der Waals surface area contributed by atoms with Gasteiger partial charge in [-0.15, -0.1) is 0 Å². The van der Waals surface area contributed by atoms with Crippen LogP contribution in [0.4, 0.5) is 4.39 Å². The number of nitrogens with one attached hydrogen (secondary N) is 1. The number of fused-ring (bicyclic) bond motifs is 1. The van der Waals surface area contributed by atoms with Gasteiger partial charge in [-0.3, -0.25) is 4.79 Å². The van der Waals surface area contributed by atoms with Crippen LogP contribution in [0, 0.1) is 17.1 Å². The van der Waals surface area contributed by atoms with Gasteiger partial charge in [0.1, 0.15) is 35.0 Å². The zero-order chi connectivity index (χ0) is 23.6. The van der Waals surface area contributed by atoms with Crippen LogP contribution in [0.2, 0.25) is 0 Å². The quantitative estimate of drug-likeness (QED) is 0.321. The normalized spacial score (nSPS) is 17.5. The summed E-state index contributed by atoms with van der Waals surface area (Å²) < 4.78 is 45.9. The van der Waals surface area contributed by atoms with Crippen molar-refractivity contribution in [2.24, 2.45) is 0 Å². The standard InChI is InChI=1S/C22H19FN4O5S/c23-15-6-1-4-10-20(15)33(30,31)27-11-5-9-18(27)22(29)32-13-19(28)14(12-24)21-25-16-7-2-3-8-17(16)26-21/h1-4,6-8,10,18,28H,5,9,11,13H2,(H,25,26)/b19-14-/t18-/m1/s1. The Balaban J connectivity index is 1.51. The summed E-state index contributed by atoms with van der Waals surface area (Å²) in [5.74, 6) is -2.24. The molecule has 1 aliphatic rings. The van der Waals surface area contributed by atoms with Crippen molar-refractivity contribution in [3.63, 3.8) is 0 Å². The molecule has 170 valence electrons. The maximum absolute atomic E-state index is 14.1. The van der Waals surface area contributed by atoms with Gasteiger partial charge >= 0.3 is 5.97 Å². The van der Waals surface area contributed by atoms with Crippen LogP contribution in [0.1, 0.15) is 18.7 Å². The van der Waals surface area contributed by atoms with Crippen LogP contribution in [0.5, 0.6) is 0 Å². The zero-order valence-corrected chi connectivity index (χ0v) is 18.0. The number of ether oxygens (including phenoxy) is 1. The minimum Gasteiger partial charge on any atom is -0.507 e. The van der Waals surface area contributed by atoms with E-state index in [-0.39, 0.29) is 24.4 Å². The van der Waals surface area contributed by atoms with Crippen molar-refractivity contribution >= 4 is 32.6 Å². The SMILES string of the molecule is N#C/C(=C(/O)COC(=O)[C@H]1CCCN1S(=O)(=O)c1ccccc1F)c1nc2ccccc2[nH]1. The largest absolute Gasteiger partial charge is 0.507 e. The van der Waals surface area contributed by atoms with Crippen molar-refractivity contribution < 1.29 is 27.4 Å². The van der Waals surface area contributed by atoms with E-state index >= 15 is 0 Å². The first-order valence-electron chi connectivity index (χ1n) is 10.0. The van der Waals surface area contributed by atoms with Crippen molar-refractivity contribution in [1.82, 2.24) is 14.3 Å². The third-order valence-electron chi connectivity index (χ3n) is 5.28. The van der Waals surface area contributed by atoms with E-state index in [9.17, 15) is 28.0 Å². The Labute approximate surface area is 188 Å². The van der Waals surface area contributed by atoms with Crippen molar-refractivity contribution in [2.45, 2.75) is 23.8 Å². The van der Waals surface area contributed by atoms with E-state index in [0.29, 0.717) is 17.5 Å². The number of carbonyl (C=O) groups is 1. The first kappa shape index (κ1) is 22.4. The molecular weight excluding hydrogens is 451 g/mol. The average molecular weight is 470 g/mol. The minimum absolute atomic E-state index is 0.0285. The second-order valence-corrected chi connectivity index (χ2v) is 9.21. The summed E-state index contributed by atoms with van der Waals surface area (Å²) in [6, 6.07) is 12.6. The van der Waals surface area contributed by atoms with Gasteiger partial charge in [-0.05, 0) is 37.1 Å². The lowest BCUT2D eigenvalue weighted by atomic mass is 10.2. The average Bonchev–Trinajstić information content (AvgIpc) is 3.46. The first-order chi connectivity index (χ1) is 15.8. The van der Waals surface area contributed by atoms with Crippen molar-refractivity contribution in [1.29, 1.82) is 5.26 Å². The molecule has 1 atom stereocenters. The fourth-order valence-electron chi connectivity index (χ4n) is 3.68. The number of rotatable bonds is 6. The summed E-state index contributed by atoms with van der Waals surface area (Å²) in [4.78, 5) is 19.3. The number of nitriles is 1. The number of para-hydroxylation sites is 2. The summed E-state index contributed by atoms with van der Waals surface area (Å²) in [7, 11) is -4.27. The summed E-state index contributed by atoms with van der Waals surface area (Å²) >= 11 is 0. The highest BCUT2D eigenvalue weighted by Crippen LogP contribution is 2.28. The Bertz CT molecular complexity index is 1360. The highest BCUT2D eigenvalue weighted by Gasteiger charge is 2.41. The van der Waals surface area contributed by atoms with Gasteiger partial charge in [0.15, 0.2) is 11.6 Å². The molecule has 1 fully saturated rings. The number of esters is 1. The maximum Gasteiger partial charge on any atom is 0.324 e. The molecule has 0 saturated carbocycles. The highest BCUT2D eigenvalue weighted by atomic mass is 32.2. The van der Waals surface area contributed by atoms with Crippen LogP contribution in [0.3, 0.4) is 0 Å². The second-order valence-electron chi connectivity index (χ2n) is 7.35. The Morgan fingerprint density at radius 1 is 1.27 bits per heavy atom. The molecule has 4 rings (SSSR count). The van der Waals surface area contributed by atoms with Gasteiger partial charge in [0.2, 0.25) is 10.0 Å². The van der Waals surface area contributed by atoms with Crippen LogP contribution in [0.15, 0.2) is 59.2 Å². The number of halogens is 1.